The highest BCUT2D eigenvalue weighted by Gasteiger charge is 2.27. The van der Waals surface area contributed by atoms with Crippen LogP contribution in [0.25, 0.3) is 54.6 Å². The molecule has 2 nitrogen and oxygen atoms in total. The van der Waals surface area contributed by atoms with Crippen molar-refractivity contribution in [3.05, 3.63) is 113 Å². The molecule has 1 aliphatic rings. The smallest absolute Gasteiger partial charge is 0.136 e. The van der Waals surface area contributed by atoms with Crippen molar-refractivity contribution in [1.82, 2.24) is 0 Å². The highest BCUT2D eigenvalue weighted by atomic mass is 16.5. The minimum Gasteiger partial charge on any atom is -0.485 e. The summed E-state index contributed by atoms with van der Waals surface area (Å²) in [6, 6.07) is 32.6. The molecule has 6 aromatic carbocycles. The molecular formula is C34H24O2. The number of benzene rings is 6. The van der Waals surface area contributed by atoms with Crippen LogP contribution in [0.2, 0.25) is 0 Å². The Morgan fingerprint density at radius 2 is 1.36 bits per heavy atom. The predicted octanol–water partition coefficient (Wildman–Crippen LogP) is 9.29. The quantitative estimate of drug-likeness (QED) is 0.238. The molecule has 36 heavy (non-hydrogen) atoms. The third-order valence-electron chi connectivity index (χ3n) is 8.03. The highest BCUT2D eigenvalue weighted by molar-refractivity contribution is 6.27. The number of fused-ring (bicyclic) bond motifs is 2. The van der Waals surface area contributed by atoms with Crippen LogP contribution in [0.15, 0.2) is 95.4 Å². The van der Waals surface area contributed by atoms with E-state index in [-0.39, 0.29) is 6.10 Å². The van der Waals surface area contributed by atoms with E-state index in [2.05, 4.69) is 92.7 Å². The SMILES string of the molecule is Cc1cc(-c2cc3ccccc3o2)c2ccc3c(C)cc(C4Cc5ccccc5O4)c4ccc1c2c34. The average Bonchev–Trinajstić information content (AvgIpc) is 3.53. The minimum atomic E-state index is 0.0293. The van der Waals surface area contributed by atoms with Gasteiger partial charge in [0.25, 0.3) is 0 Å². The maximum atomic E-state index is 6.47. The number of ether oxygens (including phenoxy) is 1. The molecule has 172 valence electrons. The van der Waals surface area contributed by atoms with Crippen molar-refractivity contribution in [3.63, 3.8) is 0 Å². The van der Waals surface area contributed by atoms with Crippen molar-refractivity contribution in [2.24, 2.45) is 0 Å². The van der Waals surface area contributed by atoms with Crippen LogP contribution in [0.5, 0.6) is 5.75 Å². The summed E-state index contributed by atoms with van der Waals surface area (Å²) in [6.07, 6.45) is 0.935. The van der Waals surface area contributed by atoms with Gasteiger partial charge in [-0.2, -0.15) is 0 Å². The van der Waals surface area contributed by atoms with Crippen molar-refractivity contribution >= 4 is 43.3 Å². The summed E-state index contributed by atoms with van der Waals surface area (Å²) < 4.78 is 12.8. The van der Waals surface area contributed by atoms with Crippen LogP contribution in [-0.4, -0.2) is 0 Å². The molecule has 0 aliphatic carbocycles. The van der Waals surface area contributed by atoms with E-state index in [1.54, 1.807) is 0 Å². The Kier molecular flexibility index (Phi) is 3.94. The Morgan fingerprint density at radius 1 is 0.667 bits per heavy atom. The number of hydrogen-bond donors (Lipinski definition) is 0. The van der Waals surface area contributed by atoms with E-state index in [9.17, 15) is 0 Å². The second-order valence-corrected chi connectivity index (χ2v) is 10.2. The Balaban J connectivity index is 1.43. The van der Waals surface area contributed by atoms with Gasteiger partial charge in [0.15, 0.2) is 0 Å². The van der Waals surface area contributed by atoms with Gasteiger partial charge in [0.2, 0.25) is 0 Å². The number of hydrogen-bond acceptors (Lipinski definition) is 2. The molecule has 0 fully saturated rings. The van der Waals surface area contributed by atoms with E-state index in [1.165, 1.54) is 54.6 Å². The van der Waals surface area contributed by atoms with E-state index in [0.29, 0.717) is 0 Å². The Labute approximate surface area is 209 Å². The van der Waals surface area contributed by atoms with Crippen molar-refractivity contribution < 1.29 is 9.15 Å². The minimum absolute atomic E-state index is 0.0293. The van der Waals surface area contributed by atoms with Gasteiger partial charge in [0.1, 0.15) is 23.2 Å². The fourth-order valence-corrected chi connectivity index (χ4v) is 6.32. The zero-order valence-corrected chi connectivity index (χ0v) is 20.3. The second-order valence-electron chi connectivity index (χ2n) is 10.2. The molecule has 2 heteroatoms. The lowest BCUT2D eigenvalue weighted by Crippen LogP contribution is -2.05. The van der Waals surface area contributed by atoms with E-state index < -0.39 is 0 Å². The summed E-state index contributed by atoms with van der Waals surface area (Å²) in [5, 5.41) is 8.92. The van der Waals surface area contributed by atoms with Crippen molar-refractivity contribution in [2.75, 3.05) is 0 Å². The van der Waals surface area contributed by atoms with Crippen LogP contribution in [0.4, 0.5) is 0 Å². The average molecular weight is 465 g/mol. The molecule has 0 amide bonds. The van der Waals surface area contributed by atoms with Crippen LogP contribution in [0, 0.1) is 13.8 Å². The lowest BCUT2D eigenvalue weighted by molar-refractivity contribution is 0.240. The van der Waals surface area contributed by atoms with Crippen LogP contribution < -0.4 is 4.74 Å². The lowest BCUT2D eigenvalue weighted by Gasteiger charge is -2.21. The fourth-order valence-electron chi connectivity index (χ4n) is 6.32. The van der Waals surface area contributed by atoms with Crippen molar-refractivity contribution in [2.45, 2.75) is 26.4 Å². The summed E-state index contributed by atoms with van der Waals surface area (Å²) >= 11 is 0. The molecular weight excluding hydrogens is 440 g/mol. The van der Waals surface area contributed by atoms with Crippen molar-refractivity contribution in [3.8, 4) is 17.1 Å². The molecule has 2 heterocycles. The van der Waals surface area contributed by atoms with Crippen LogP contribution in [-0.2, 0) is 6.42 Å². The molecule has 1 aliphatic heterocycles. The number of rotatable bonds is 2. The molecule has 7 aromatic rings. The van der Waals surface area contributed by atoms with Gasteiger partial charge >= 0.3 is 0 Å². The first kappa shape index (κ1) is 19.9. The van der Waals surface area contributed by atoms with Crippen LogP contribution >= 0.6 is 0 Å². The molecule has 1 atom stereocenters. The first-order valence-electron chi connectivity index (χ1n) is 12.6. The van der Waals surface area contributed by atoms with Gasteiger partial charge in [-0.1, -0.05) is 66.7 Å². The number of para-hydroxylation sites is 2. The monoisotopic (exact) mass is 464 g/mol. The standard InChI is InChI=1S/C34H24O2/c1-19-15-27(31-17-21-7-3-5-9-29(21)35-31)25-14-12-24-20(2)16-28(26-13-11-23(19)33(25)34(24)26)32-18-22-8-4-6-10-30(22)36-32/h3-17,32H,18H2,1-2H3. The largest absolute Gasteiger partial charge is 0.485 e. The van der Waals surface area contributed by atoms with Gasteiger partial charge < -0.3 is 9.15 Å². The molecule has 0 bridgehead atoms. The molecule has 0 radical (unpaired) electrons. The fraction of sp³-hybridized carbons (Fsp3) is 0.118. The van der Waals surface area contributed by atoms with Gasteiger partial charge in [0, 0.05) is 22.9 Å². The second kappa shape index (κ2) is 7.11. The maximum absolute atomic E-state index is 6.47. The summed E-state index contributed by atoms with van der Waals surface area (Å²) in [7, 11) is 0. The van der Waals surface area contributed by atoms with Crippen LogP contribution in [0.1, 0.15) is 28.4 Å². The molecule has 0 saturated heterocycles. The normalized spacial score (nSPS) is 15.3. The third kappa shape index (κ3) is 2.67. The number of aryl methyl sites for hydroxylation is 2. The van der Waals surface area contributed by atoms with Gasteiger partial charge in [0.05, 0.1) is 0 Å². The first-order chi connectivity index (χ1) is 17.7. The molecule has 8 rings (SSSR count). The number of furan rings is 1. The Hall–Kier alpha value is -4.30. The van der Waals surface area contributed by atoms with E-state index in [4.69, 9.17) is 9.15 Å². The molecule has 1 aromatic heterocycles. The topological polar surface area (TPSA) is 22.4 Å². The van der Waals surface area contributed by atoms with Gasteiger partial charge in [-0.25, -0.2) is 0 Å². The van der Waals surface area contributed by atoms with E-state index in [0.717, 1.165) is 34.5 Å². The van der Waals surface area contributed by atoms with Crippen LogP contribution in [0.3, 0.4) is 0 Å². The maximum Gasteiger partial charge on any atom is 0.136 e. The summed E-state index contributed by atoms with van der Waals surface area (Å²) in [4.78, 5) is 0. The zero-order chi connectivity index (χ0) is 24.0. The molecule has 0 N–H and O–H groups in total. The third-order valence-corrected chi connectivity index (χ3v) is 8.03. The highest BCUT2D eigenvalue weighted by Crippen LogP contribution is 2.46. The predicted molar refractivity (Wildman–Crippen MR) is 148 cm³/mol. The molecule has 1 unspecified atom stereocenters. The van der Waals surface area contributed by atoms with Gasteiger partial charge in [-0.15, -0.1) is 0 Å². The van der Waals surface area contributed by atoms with Gasteiger partial charge in [-0.3, -0.25) is 0 Å². The summed E-state index contributed by atoms with van der Waals surface area (Å²) in [5.74, 6) is 1.93. The van der Waals surface area contributed by atoms with Gasteiger partial charge in [-0.05, 0) is 87.1 Å². The Morgan fingerprint density at radius 3 is 2.19 bits per heavy atom. The molecule has 0 spiro atoms. The Bertz CT molecular complexity index is 1920. The molecule has 0 saturated carbocycles. The van der Waals surface area contributed by atoms with Crippen molar-refractivity contribution in [1.29, 1.82) is 0 Å². The summed E-state index contributed by atoms with van der Waals surface area (Å²) in [6.45, 7) is 4.44. The van der Waals surface area contributed by atoms with E-state index in [1.807, 2.05) is 12.1 Å². The van der Waals surface area contributed by atoms with E-state index >= 15 is 0 Å². The zero-order valence-electron chi connectivity index (χ0n) is 20.3. The lowest BCUT2D eigenvalue weighted by atomic mass is 9.85. The first-order valence-corrected chi connectivity index (χ1v) is 12.6. The summed E-state index contributed by atoms with van der Waals surface area (Å²) in [5.41, 5.74) is 7.19.